The van der Waals surface area contributed by atoms with Gasteiger partial charge in [0.25, 0.3) is 0 Å². The summed E-state index contributed by atoms with van der Waals surface area (Å²) in [6.07, 6.45) is 3.90. The van der Waals surface area contributed by atoms with E-state index in [0.29, 0.717) is 18.6 Å². The molecule has 9 heteroatoms. The predicted octanol–water partition coefficient (Wildman–Crippen LogP) is 4.35. The highest BCUT2D eigenvalue weighted by atomic mass is 16.6. The molecule has 1 amide bonds. The molecule has 9 nitrogen and oxygen atoms in total. The van der Waals surface area contributed by atoms with E-state index in [9.17, 15) is 4.79 Å². The molecular formula is C29H39N5O4. The van der Waals surface area contributed by atoms with Crippen LogP contribution in [0.15, 0.2) is 30.5 Å². The van der Waals surface area contributed by atoms with E-state index < -0.39 is 5.60 Å². The van der Waals surface area contributed by atoms with Crippen molar-refractivity contribution in [2.75, 3.05) is 62.7 Å². The van der Waals surface area contributed by atoms with Gasteiger partial charge in [0.15, 0.2) is 0 Å². The number of hydrogen-bond donors (Lipinski definition) is 1. The molecule has 3 fully saturated rings. The molecule has 1 aromatic heterocycles. The topological polar surface area (TPSA) is 79.4 Å². The average Bonchev–Trinajstić information content (AvgIpc) is 3.06. The van der Waals surface area contributed by atoms with Crippen molar-refractivity contribution in [2.45, 2.75) is 57.8 Å². The number of piperidine rings is 1. The second kappa shape index (κ2) is 10.3. The summed E-state index contributed by atoms with van der Waals surface area (Å²) in [4.78, 5) is 23.7. The summed E-state index contributed by atoms with van der Waals surface area (Å²) in [6, 6.07) is 9.10. The predicted molar refractivity (Wildman–Crippen MR) is 146 cm³/mol. The summed E-state index contributed by atoms with van der Waals surface area (Å²) in [5, 5.41) is 3.58. The third-order valence-electron chi connectivity index (χ3n) is 8.04. The fourth-order valence-corrected chi connectivity index (χ4v) is 5.90. The average molecular weight is 522 g/mol. The summed E-state index contributed by atoms with van der Waals surface area (Å²) in [5.41, 5.74) is 4.16. The van der Waals surface area contributed by atoms with Gasteiger partial charge in [0.1, 0.15) is 23.8 Å². The first-order chi connectivity index (χ1) is 18.3. The number of morpholine rings is 1. The number of carbonyl (C=O) groups is 1. The number of fused-ring (bicyclic) bond motifs is 2. The van der Waals surface area contributed by atoms with Gasteiger partial charge in [0.05, 0.1) is 24.5 Å². The van der Waals surface area contributed by atoms with E-state index in [2.05, 4.69) is 44.4 Å². The highest BCUT2D eigenvalue weighted by Gasteiger charge is 2.38. The van der Waals surface area contributed by atoms with Crippen LogP contribution in [0.4, 0.5) is 22.0 Å². The number of carbonyl (C=O) groups excluding carboxylic acids is 1. The number of aromatic nitrogens is 1. The normalized spacial score (nSPS) is 20.9. The van der Waals surface area contributed by atoms with Gasteiger partial charge >= 0.3 is 6.09 Å². The Kier molecular flexibility index (Phi) is 6.82. The van der Waals surface area contributed by atoms with Crippen molar-refractivity contribution in [3.05, 3.63) is 41.6 Å². The Bertz CT molecular complexity index is 1160. The Hall–Kier alpha value is -3.04. The number of pyridine rings is 1. The molecule has 6 rings (SSSR count). The second-order valence-corrected chi connectivity index (χ2v) is 11.8. The Morgan fingerprint density at radius 3 is 2.58 bits per heavy atom. The number of likely N-dealkylation sites (tertiary alicyclic amines) is 2. The Morgan fingerprint density at radius 2 is 1.84 bits per heavy atom. The molecule has 0 aliphatic carbocycles. The smallest absolute Gasteiger partial charge is 0.410 e. The lowest BCUT2D eigenvalue weighted by Crippen LogP contribution is -2.62. The molecule has 4 aliphatic rings. The zero-order chi connectivity index (χ0) is 26.3. The molecule has 3 saturated heterocycles. The van der Waals surface area contributed by atoms with Crippen LogP contribution in [0.25, 0.3) is 0 Å². The molecule has 1 N–H and O–H groups in total. The van der Waals surface area contributed by atoms with Crippen molar-refractivity contribution in [1.29, 1.82) is 0 Å². The van der Waals surface area contributed by atoms with Crippen molar-refractivity contribution < 1.29 is 19.0 Å². The molecule has 4 aliphatic heterocycles. The van der Waals surface area contributed by atoms with Gasteiger partial charge < -0.3 is 29.3 Å². The molecule has 0 radical (unpaired) electrons. The number of benzene rings is 1. The molecule has 0 spiro atoms. The third kappa shape index (κ3) is 5.27. The van der Waals surface area contributed by atoms with Gasteiger partial charge in [-0.25, -0.2) is 9.78 Å². The number of anilines is 3. The van der Waals surface area contributed by atoms with Gasteiger partial charge in [-0.3, -0.25) is 4.90 Å². The molecule has 204 valence electrons. The van der Waals surface area contributed by atoms with Crippen LogP contribution in [-0.2, 0) is 16.1 Å². The number of ether oxygens (including phenoxy) is 3. The maximum Gasteiger partial charge on any atom is 0.410 e. The lowest BCUT2D eigenvalue weighted by Gasteiger charge is -2.47. The quantitative estimate of drug-likeness (QED) is 0.639. The van der Waals surface area contributed by atoms with E-state index in [1.807, 2.05) is 31.9 Å². The van der Waals surface area contributed by atoms with Gasteiger partial charge in [0.2, 0.25) is 0 Å². The van der Waals surface area contributed by atoms with Crippen molar-refractivity contribution >= 4 is 23.3 Å². The van der Waals surface area contributed by atoms with E-state index in [-0.39, 0.29) is 6.09 Å². The van der Waals surface area contributed by atoms with Gasteiger partial charge in [-0.05, 0) is 76.4 Å². The highest BCUT2D eigenvalue weighted by Crippen LogP contribution is 2.40. The van der Waals surface area contributed by atoms with Crippen LogP contribution in [0.2, 0.25) is 0 Å². The number of amides is 1. The van der Waals surface area contributed by atoms with Crippen molar-refractivity contribution in [1.82, 2.24) is 14.8 Å². The van der Waals surface area contributed by atoms with Crippen molar-refractivity contribution in [2.24, 2.45) is 0 Å². The van der Waals surface area contributed by atoms with E-state index in [4.69, 9.17) is 14.2 Å². The fourth-order valence-electron chi connectivity index (χ4n) is 5.90. The third-order valence-corrected chi connectivity index (χ3v) is 8.04. The van der Waals surface area contributed by atoms with Gasteiger partial charge in [0, 0.05) is 44.1 Å². The Balaban J connectivity index is 1.08. The van der Waals surface area contributed by atoms with Crippen LogP contribution < -0.4 is 15.0 Å². The summed E-state index contributed by atoms with van der Waals surface area (Å²) >= 11 is 0. The second-order valence-electron chi connectivity index (χ2n) is 11.8. The first kappa shape index (κ1) is 25.2. The van der Waals surface area contributed by atoms with Crippen LogP contribution >= 0.6 is 0 Å². The summed E-state index contributed by atoms with van der Waals surface area (Å²) in [6.45, 7) is 13.1. The van der Waals surface area contributed by atoms with Crippen LogP contribution in [-0.4, -0.2) is 85.0 Å². The van der Waals surface area contributed by atoms with E-state index in [1.54, 1.807) is 0 Å². The van der Waals surface area contributed by atoms with Crippen molar-refractivity contribution in [3.8, 4) is 5.75 Å². The molecule has 5 heterocycles. The largest absolute Gasteiger partial charge is 0.487 e. The number of rotatable bonds is 3. The maximum absolute atomic E-state index is 12.3. The molecule has 38 heavy (non-hydrogen) atoms. The molecule has 1 aromatic carbocycles. The molecule has 0 atom stereocenters. The molecule has 0 saturated carbocycles. The van der Waals surface area contributed by atoms with Crippen LogP contribution in [0, 0.1) is 0 Å². The van der Waals surface area contributed by atoms with Gasteiger partial charge in [-0.15, -0.1) is 0 Å². The lowest BCUT2D eigenvalue weighted by atomic mass is 9.88. The van der Waals surface area contributed by atoms with Crippen LogP contribution in [0.5, 0.6) is 5.75 Å². The molecule has 0 unspecified atom stereocenters. The van der Waals surface area contributed by atoms with Crippen LogP contribution in [0.1, 0.15) is 50.7 Å². The Labute approximate surface area is 225 Å². The summed E-state index contributed by atoms with van der Waals surface area (Å²) < 4.78 is 17.3. The first-order valence-electron chi connectivity index (χ1n) is 13.9. The zero-order valence-electron chi connectivity index (χ0n) is 22.7. The van der Waals surface area contributed by atoms with Gasteiger partial charge in [-0.1, -0.05) is 6.07 Å². The number of nitrogens with one attached hydrogen (secondary N) is 1. The van der Waals surface area contributed by atoms with Crippen molar-refractivity contribution in [3.63, 3.8) is 0 Å². The monoisotopic (exact) mass is 521 g/mol. The maximum atomic E-state index is 12.3. The molecule has 2 aromatic rings. The van der Waals surface area contributed by atoms with Gasteiger partial charge in [-0.2, -0.15) is 0 Å². The van der Waals surface area contributed by atoms with E-state index in [0.717, 1.165) is 88.1 Å². The highest BCUT2D eigenvalue weighted by molar-refractivity contribution is 5.73. The first-order valence-corrected chi connectivity index (χ1v) is 13.9. The number of hydrogen-bond acceptors (Lipinski definition) is 8. The number of nitrogens with zero attached hydrogens (tertiary/aromatic N) is 4. The Morgan fingerprint density at radius 1 is 1.08 bits per heavy atom. The zero-order valence-corrected chi connectivity index (χ0v) is 22.7. The molecular weight excluding hydrogens is 482 g/mol. The van der Waals surface area contributed by atoms with E-state index in [1.165, 1.54) is 11.3 Å². The van der Waals surface area contributed by atoms with Crippen LogP contribution in [0.3, 0.4) is 0 Å². The standard InChI is InChI=1S/C29H39N5O4/c1-29(2,3)38-28(35)34-17-22(18-34)32-10-7-20(8-11-32)21-4-5-26-24(16-21)31-27-23(19-37-26)25(6-9-30-27)33-12-14-36-15-13-33/h4-6,9,16,20,22H,7-8,10-15,17-19H2,1-3H3,(H,30,31). The summed E-state index contributed by atoms with van der Waals surface area (Å²) in [5.74, 6) is 2.25. The minimum Gasteiger partial charge on any atom is -0.487 e. The fraction of sp³-hybridized carbons (Fsp3) is 0.586. The lowest BCUT2D eigenvalue weighted by molar-refractivity contribution is -0.0196. The molecule has 0 bridgehead atoms. The SMILES string of the molecule is CC(C)(C)OC(=O)N1CC(N2CCC(c3ccc4c(c3)Nc3nccc(N5CCOCC5)c3CO4)CC2)C1. The minimum atomic E-state index is -0.447. The summed E-state index contributed by atoms with van der Waals surface area (Å²) in [7, 11) is 0. The van der Waals surface area contributed by atoms with E-state index >= 15 is 0 Å². The minimum absolute atomic E-state index is 0.198.